The molecule has 0 fully saturated rings. The van der Waals surface area contributed by atoms with Crippen LogP contribution < -0.4 is 5.32 Å². The molecule has 0 spiro atoms. The SMILES string of the molecule is CCCCCCCCCCCCCCCCCCCCCCCCCCCC(=O)N[C@@H](COP(=O)(O)OCC[N+](C)(C)C)[C@H](O)CCCCCCCCCCCCCCCCC. The van der Waals surface area contributed by atoms with E-state index in [1.807, 2.05) is 21.1 Å². The van der Waals surface area contributed by atoms with Gasteiger partial charge in [-0.1, -0.05) is 264 Å². The molecule has 0 aromatic carbocycles. The number of hydrogen-bond donors (Lipinski definition) is 3. The van der Waals surface area contributed by atoms with Crippen molar-refractivity contribution in [2.75, 3.05) is 40.9 Å². The molecule has 0 aliphatic rings. The minimum atomic E-state index is -4.31. The lowest BCUT2D eigenvalue weighted by atomic mass is 10.0. The van der Waals surface area contributed by atoms with Crippen LogP contribution in [-0.4, -0.2) is 73.4 Å². The van der Waals surface area contributed by atoms with Crippen molar-refractivity contribution < 1.29 is 32.9 Å². The number of aliphatic hydroxyl groups is 1. The summed E-state index contributed by atoms with van der Waals surface area (Å²) in [6.07, 6.45) is 52.9. The van der Waals surface area contributed by atoms with E-state index >= 15 is 0 Å². The first-order valence-corrected chi connectivity index (χ1v) is 28.9. The topological polar surface area (TPSA) is 105 Å². The number of amides is 1. The van der Waals surface area contributed by atoms with Crippen molar-refractivity contribution in [2.45, 2.75) is 296 Å². The van der Waals surface area contributed by atoms with Gasteiger partial charge in [-0.05, 0) is 12.8 Å². The third-order valence-electron chi connectivity index (χ3n) is 12.9. The second kappa shape index (κ2) is 45.6. The molecule has 1 amide bonds. The molecule has 0 aromatic rings. The van der Waals surface area contributed by atoms with Gasteiger partial charge in [0.1, 0.15) is 13.2 Å². The van der Waals surface area contributed by atoms with E-state index in [0.717, 1.165) is 38.5 Å². The second-order valence-corrected chi connectivity index (χ2v) is 21.8. The fraction of sp³-hybridized carbons (Fsp3) is 0.981. The molecule has 0 radical (unpaired) electrons. The lowest BCUT2D eigenvalue weighted by Gasteiger charge is -2.26. The molecule has 1 unspecified atom stereocenters. The largest absolute Gasteiger partial charge is 0.472 e. The number of aliphatic hydroxyl groups excluding tert-OH is 1. The maximum Gasteiger partial charge on any atom is 0.472 e. The van der Waals surface area contributed by atoms with E-state index in [2.05, 4.69) is 19.2 Å². The highest BCUT2D eigenvalue weighted by Gasteiger charge is 2.28. The quantitative estimate of drug-likeness (QED) is 0.0319. The zero-order valence-electron chi connectivity index (χ0n) is 42.4. The number of phosphoric ester groups is 1. The van der Waals surface area contributed by atoms with Crippen molar-refractivity contribution >= 4 is 13.7 Å². The van der Waals surface area contributed by atoms with E-state index in [1.165, 1.54) is 218 Å². The Hall–Kier alpha value is -0.500. The lowest BCUT2D eigenvalue weighted by Crippen LogP contribution is -2.46. The smallest absolute Gasteiger partial charge is 0.391 e. The number of nitrogens with zero attached hydrogens (tertiary/aromatic N) is 1. The maximum atomic E-state index is 13.0. The number of rotatable bonds is 51. The fourth-order valence-corrected chi connectivity index (χ4v) is 9.26. The minimum Gasteiger partial charge on any atom is -0.391 e. The summed E-state index contributed by atoms with van der Waals surface area (Å²) in [7, 11) is 1.63. The Bertz CT molecular complexity index is 978. The Labute approximate surface area is 387 Å². The predicted octanol–water partition coefficient (Wildman–Crippen LogP) is 16.1. The van der Waals surface area contributed by atoms with E-state index in [9.17, 15) is 19.4 Å². The summed E-state index contributed by atoms with van der Waals surface area (Å²) in [6.45, 7) is 4.93. The molecule has 9 heteroatoms. The summed E-state index contributed by atoms with van der Waals surface area (Å²) in [5.41, 5.74) is 0. The number of likely N-dealkylation sites (N-methyl/N-ethyl adjacent to an activating group) is 1. The summed E-state index contributed by atoms with van der Waals surface area (Å²) in [4.78, 5) is 23.3. The fourth-order valence-electron chi connectivity index (χ4n) is 8.52. The van der Waals surface area contributed by atoms with E-state index in [0.29, 0.717) is 23.9 Å². The van der Waals surface area contributed by atoms with Gasteiger partial charge in [0, 0.05) is 6.42 Å². The number of carbonyl (C=O) groups is 1. The normalized spacial score (nSPS) is 14.0. The number of unbranched alkanes of at least 4 members (excludes halogenated alkanes) is 38. The first kappa shape index (κ1) is 61.5. The molecule has 0 bridgehead atoms. The molecule has 62 heavy (non-hydrogen) atoms. The molecule has 0 saturated carbocycles. The Balaban J connectivity index is 4.10. The van der Waals surface area contributed by atoms with Gasteiger partial charge in [0.05, 0.1) is 39.9 Å². The van der Waals surface area contributed by atoms with Gasteiger partial charge in [0.25, 0.3) is 0 Å². The van der Waals surface area contributed by atoms with Gasteiger partial charge >= 0.3 is 7.82 Å². The standard InChI is InChI=1S/C53H109N2O6P/c1-6-8-10-12-14-16-18-20-22-23-24-25-26-27-28-29-30-31-33-35-37-39-41-43-45-47-53(57)54-51(50-61-62(58,59)60-49-48-55(3,4)5)52(56)46-44-42-40-38-36-34-32-21-19-17-15-13-11-9-7-2/h51-52,56H,6-50H2,1-5H3,(H-,54,57,58,59)/p+1/t51-,52+/m0/s1. The summed E-state index contributed by atoms with van der Waals surface area (Å²) in [5, 5.41) is 14.0. The van der Waals surface area contributed by atoms with Crippen molar-refractivity contribution in [1.29, 1.82) is 0 Å². The zero-order chi connectivity index (χ0) is 45.7. The van der Waals surface area contributed by atoms with Crippen LogP contribution in [0.25, 0.3) is 0 Å². The molecule has 0 aromatic heterocycles. The third-order valence-corrected chi connectivity index (χ3v) is 13.8. The summed E-state index contributed by atoms with van der Waals surface area (Å²) in [6, 6.07) is -0.754. The number of phosphoric acid groups is 1. The van der Waals surface area contributed by atoms with Crippen LogP contribution in [0.4, 0.5) is 0 Å². The van der Waals surface area contributed by atoms with E-state index in [1.54, 1.807) is 0 Å². The van der Waals surface area contributed by atoms with Crippen LogP contribution >= 0.6 is 7.82 Å². The van der Waals surface area contributed by atoms with Crippen LogP contribution in [0.2, 0.25) is 0 Å². The van der Waals surface area contributed by atoms with Crippen molar-refractivity contribution in [2.24, 2.45) is 0 Å². The van der Waals surface area contributed by atoms with Crippen molar-refractivity contribution in [3.05, 3.63) is 0 Å². The molecule has 8 nitrogen and oxygen atoms in total. The van der Waals surface area contributed by atoms with Crippen LogP contribution in [0.1, 0.15) is 284 Å². The minimum absolute atomic E-state index is 0.0789. The van der Waals surface area contributed by atoms with E-state index in [-0.39, 0.29) is 19.1 Å². The van der Waals surface area contributed by atoms with Gasteiger partial charge in [-0.25, -0.2) is 4.57 Å². The molecule has 3 atom stereocenters. The highest BCUT2D eigenvalue weighted by molar-refractivity contribution is 7.47. The number of carbonyl (C=O) groups excluding carboxylic acids is 1. The van der Waals surface area contributed by atoms with Gasteiger partial charge in [0.2, 0.25) is 5.91 Å². The monoisotopic (exact) mass is 902 g/mol. The summed E-state index contributed by atoms with van der Waals surface area (Å²) < 4.78 is 23.7. The second-order valence-electron chi connectivity index (χ2n) is 20.3. The Morgan fingerprint density at radius 1 is 0.484 bits per heavy atom. The summed E-state index contributed by atoms with van der Waals surface area (Å²) >= 11 is 0. The van der Waals surface area contributed by atoms with Gasteiger partial charge in [0.15, 0.2) is 0 Å². The molecular weight excluding hydrogens is 792 g/mol. The van der Waals surface area contributed by atoms with Crippen molar-refractivity contribution in [1.82, 2.24) is 5.32 Å². The third kappa shape index (κ3) is 47.5. The van der Waals surface area contributed by atoms with Gasteiger partial charge in [-0.3, -0.25) is 13.8 Å². The molecule has 0 aliphatic carbocycles. The first-order chi connectivity index (χ1) is 30.0. The molecule has 3 N–H and O–H groups in total. The van der Waals surface area contributed by atoms with Gasteiger partial charge in [-0.15, -0.1) is 0 Å². The van der Waals surface area contributed by atoms with Crippen LogP contribution in [0.15, 0.2) is 0 Å². The Morgan fingerprint density at radius 3 is 1.08 bits per heavy atom. The average molecular weight is 902 g/mol. The van der Waals surface area contributed by atoms with E-state index in [4.69, 9.17) is 9.05 Å². The number of nitrogens with one attached hydrogen (secondary N) is 1. The summed E-state index contributed by atoms with van der Waals surface area (Å²) in [5.74, 6) is -0.137. The number of quaternary nitrogens is 1. The average Bonchev–Trinajstić information content (AvgIpc) is 3.23. The van der Waals surface area contributed by atoms with Gasteiger partial charge < -0.3 is 19.8 Å². The molecule has 0 saturated heterocycles. The van der Waals surface area contributed by atoms with Gasteiger partial charge in [-0.2, -0.15) is 0 Å². The molecule has 0 aliphatic heterocycles. The highest BCUT2D eigenvalue weighted by Crippen LogP contribution is 2.43. The van der Waals surface area contributed by atoms with Crippen LogP contribution in [0.3, 0.4) is 0 Å². The maximum absolute atomic E-state index is 13.0. The Kier molecular flexibility index (Phi) is 45.3. The lowest BCUT2D eigenvalue weighted by molar-refractivity contribution is -0.870. The van der Waals surface area contributed by atoms with Crippen molar-refractivity contribution in [3.63, 3.8) is 0 Å². The van der Waals surface area contributed by atoms with E-state index < -0.39 is 20.0 Å². The molecule has 0 heterocycles. The van der Waals surface area contributed by atoms with Crippen LogP contribution in [-0.2, 0) is 18.4 Å². The van der Waals surface area contributed by atoms with Crippen LogP contribution in [0.5, 0.6) is 0 Å². The van der Waals surface area contributed by atoms with Crippen LogP contribution in [0, 0.1) is 0 Å². The Morgan fingerprint density at radius 2 is 0.774 bits per heavy atom. The molecule has 0 rings (SSSR count). The van der Waals surface area contributed by atoms with Crippen molar-refractivity contribution in [3.8, 4) is 0 Å². The molecule has 372 valence electrons. The first-order valence-electron chi connectivity index (χ1n) is 27.4. The highest BCUT2D eigenvalue weighted by atomic mass is 31.2. The molecular formula is C53H110N2O6P+. The zero-order valence-corrected chi connectivity index (χ0v) is 43.3. The number of hydrogen-bond acceptors (Lipinski definition) is 5. The predicted molar refractivity (Wildman–Crippen MR) is 268 cm³/mol.